The van der Waals surface area contributed by atoms with Gasteiger partial charge in [-0.25, -0.2) is 9.97 Å². The number of rotatable bonds is 14. The number of aliphatic carboxylic acids is 1. The van der Waals surface area contributed by atoms with Gasteiger partial charge in [0.2, 0.25) is 0 Å². The zero-order chi connectivity index (χ0) is 40.9. The number of carbonyl (C=O) groups is 3. The van der Waals surface area contributed by atoms with Crippen molar-refractivity contribution in [1.82, 2.24) is 19.9 Å². The van der Waals surface area contributed by atoms with Crippen LogP contribution < -0.4 is 24.5 Å². The topological polar surface area (TPSA) is 165 Å². The van der Waals surface area contributed by atoms with Gasteiger partial charge in [-0.1, -0.05) is 60.7 Å². The molecule has 0 saturated carbocycles. The van der Waals surface area contributed by atoms with Gasteiger partial charge in [-0.2, -0.15) is 0 Å². The van der Waals surface area contributed by atoms with Gasteiger partial charge in [-0.05, 0) is 98.9 Å². The largest absolute Gasteiger partial charge is 3.00 e. The summed E-state index contributed by atoms with van der Waals surface area (Å²) in [5.74, 6) is -0.0878. The Hall–Kier alpha value is -6.43. The minimum absolute atomic E-state index is 0. The summed E-state index contributed by atoms with van der Waals surface area (Å²) in [7, 11) is 0. The molecular weight excluding hydrogens is 791 g/mol. The first-order valence-electron chi connectivity index (χ1n) is 19.1. The Labute approximate surface area is 352 Å². The molecule has 5 heterocycles. The maximum Gasteiger partial charge on any atom is 3.00 e. The quantitative estimate of drug-likeness (QED) is 0.0605. The monoisotopic (exact) mass is 834 g/mol. The predicted octanol–water partition coefficient (Wildman–Crippen LogP) is 7.45. The van der Waals surface area contributed by atoms with Crippen LogP contribution in [0.1, 0.15) is 69.2 Å². The summed E-state index contributed by atoms with van der Waals surface area (Å²) in [6.07, 6.45) is 9.78. The van der Waals surface area contributed by atoms with Gasteiger partial charge in [-0.3, -0.25) is 9.59 Å². The molecule has 2 aromatic carbocycles. The Balaban J connectivity index is 0.00000127. The molecule has 0 aliphatic carbocycles. The first kappa shape index (κ1) is 43.7. The number of carboxylic acids is 1. The summed E-state index contributed by atoms with van der Waals surface area (Å²) in [6, 6.07) is 27.6. The van der Waals surface area contributed by atoms with E-state index in [2.05, 4.69) is 0 Å². The van der Waals surface area contributed by atoms with E-state index in [1.54, 1.807) is 13.8 Å². The molecule has 0 unspecified atom stereocenters. The molecule has 0 fully saturated rings. The predicted molar refractivity (Wildman–Crippen MR) is 221 cm³/mol. The van der Waals surface area contributed by atoms with E-state index >= 15 is 0 Å². The molecule has 0 saturated heterocycles. The van der Waals surface area contributed by atoms with Crippen molar-refractivity contribution in [3.8, 4) is 33.8 Å². The molecule has 302 valence electrons. The molecule has 3 aromatic heterocycles. The third-order valence-corrected chi connectivity index (χ3v) is 8.75. The number of hydrogen-bond acceptors (Lipinski definition) is 10. The Bertz CT molecular complexity index is 2370. The van der Waals surface area contributed by atoms with Crippen LogP contribution in [0.3, 0.4) is 0 Å². The van der Waals surface area contributed by atoms with Crippen LogP contribution in [0.15, 0.2) is 84.9 Å². The van der Waals surface area contributed by atoms with Gasteiger partial charge < -0.3 is 38.8 Å². The van der Waals surface area contributed by atoms with Crippen LogP contribution in [0.5, 0.6) is 11.5 Å². The van der Waals surface area contributed by atoms with Crippen molar-refractivity contribution in [3.63, 3.8) is 0 Å². The average Bonchev–Trinajstić information content (AvgIpc) is 4.04. The SMILES string of the molecule is CC(=O)[O-].CCOC(=O)CCCOc1ccc(-c2c3nc(cc4ccc([n-]4)c(-c4ccc(OCCCC(=O)OCC)cc4)c4ccc(cc5nc2C=C5)[n-]4)C=C3)cc1.[Mn+3]. The van der Waals surface area contributed by atoms with Crippen molar-refractivity contribution < 1.29 is 55.5 Å². The molecule has 0 amide bonds. The molecule has 5 aromatic rings. The van der Waals surface area contributed by atoms with Crippen molar-refractivity contribution in [1.29, 1.82) is 0 Å². The smallest absolute Gasteiger partial charge is 0.657 e. The van der Waals surface area contributed by atoms with Gasteiger partial charge in [0.15, 0.2) is 0 Å². The molecule has 0 N–H and O–H groups in total. The number of carboxylic acid groups (broad SMARTS) is 1. The molecule has 0 spiro atoms. The number of benzene rings is 2. The second kappa shape index (κ2) is 21.4. The molecule has 0 radical (unpaired) electrons. The first-order valence-corrected chi connectivity index (χ1v) is 19.1. The van der Waals surface area contributed by atoms with E-state index in [1.165, 1.54) is 0 Å². The summed E-state index contributed by atoms with van der Waals surface area (Å²) in [6.45, 7) is 6.16. The van der Waals surface area contributed by atoms with E-state index < -0.39 is 5.97 Å². The van der Waals surface area contributed by atoms with E-state index in [9.17, 15) is 9.59 Å². The van der Waals surface area contributed by atoms with Crippen molar-refractivity contribution in [3.05, 3.63) is 108 Å². The Kier molecular flexibility index (Phi) is 15.8. The van der Waals surface area contributed by atoms with E-state index in [-0.39, 0.29) is 29.0 Å². The Morgan fingerprint density at radius 1 is 0.593 bits per heavy atom. The van der Waals surface area contributed by atoms with E-state index in [0.717, 1.165) is 74.0 Å². The van der Waals surface area contributed by atoms with E-state index in [0.29, 0.717) is 63.6 Å². The fourth-order valence-electron chi connectivity index (χ4n) is 6.26. The Morgan fingerprint density at radius 3 is 1.41 bits per heavy atom. The van der Waals surface area contributed by atoms with Crippen molar-refractivity contribution in [2.24, 2.45) is 0 Å². The molecule has 2 aliphatic heterocycles. The van der Waals surface area contributed by atoms with E-state index in [1.807, 2.05) is 109 Å². The standard InChI is InChI=1S/C44H40N4O6.C2H4O2.Mn/c1-3-51-41(49)7-5-25-53-35-17-9-29(10-18-35)43-37-21-13-31(45-37)27-33-15-23-39(47-33)44(40-24-16-34(48-40)28-32-14-22-38(43)46-32)30-11-19-36(20-12-30)54-26-6-8-42(50)52-4-2;1-2(3)4;/h9-24,27-28H,3-8,25-26H2,1-2H3;1H3,(H,3,4);/q-2;;+3/p-1. The zero-order valence-corrected chi connectivity index (χ0v) is 34.2. The van der Waals surface area contributed by atoms with Crippen LogP contribution in [-0.2, 0) is 40.9 Å². The summed E-state index contributed by atoms with van der Waals surface area (Å²) in [5, 5.41) is 8.89. The summed E-state index contributed by atoms with van der Waals surface area (Å²) in [5.41, 5.74) is 9.94. The number of esters is 2. The third-order valence-electron chi connectivity index (χ3n) is 8.75. The van der Waals surface area contributed by atoms with Crippen molar-refractivity contribution in [2.45, 2.75) is 46.5 Å². The van der Waals surface area contributed by atoms with Gasteiger partial charge >= 0.3 is 29.0 Å². The molecule has 13 heteroatoms. The fraction of sp³-hybridized carbons (Fsp3) is 0.239. The maximum absolute atomic E-state index is 11.7. The number of aromatic nitrogens is 4. The summed E-state index contributed by atoms with van der Waals surface area (Å²) in [4.78, 5) is 52.2. The second-order valence-electron chi connectivity index (χ2n) is 13.1. The number of fused-ring (bicyclic) bond motifs is 8. The maximum atomic E-state index is 11.7. The minimum Gasteiger partial charge on any atom is -0.657 e. The number of carbonyl (C=O) groups excluding carboxylic acids is 3. The zero-order valence-electron chi connectivity index (χ0n) is 33.0. The number of ether oxygens (including phenoxy) is 4. The van der Waals surface area contributed by atoms with Gasteiger partial charge in [0.1, 0.15) is 11.5 Å². The molecule has 2 aliphatic rings. The average molecular weight is 835 g/mol. The normalized spacial score (nSPS) is 11.2. The van der Waals surface area contributed by atoms with Crippen molar-refractivity contribution >= 4 is 64.3 Å². The third kappa shape index (κ3) is 12.3. The van der Waals surface area contributed by atoms with Gasteiger partial charge in [0.05, 0.1) is 49.2 Å². The molecule has 0 atom stereocenters. The fourth-order valence-corrected chi connectivity index (χ4v) is 6.26. The van der Waals surface area contributed by atoms with Crippen LogP contribution >= 0.6 is 0 Å². The number of nitrogens with zero attached hydrogens (tertiary/aromatic N) is 4. The summed E-state index contributed by atoms with van der Waals surface area (Å²) >= 11 is 0. The van der Waals surface area contributed by atoms with Gasteiger partial charge in [0, 0.05) is 24.4 Å². The van der Waals surface area contributed by atoms with Gasteiger partial charge in [0.25, 0.3) is 0 Å². The van der Waals surface area contributed by atoms with Crippen LogP contribution in [-0.4, -0.2) is 54.3 Å². The first-order chi connectivity index (χ1) is 28.2. The van der Waals surface area contributed by atoms with E-state index in [4.69, 9.17) is 48.8 Å². The molecule has 8 bridgehead atoms. The molecule has 59 heavy (non-hydrogen) atoms. The second-order valence-corrected chi connectivity index (χ2v) is 13.1. The molecule has 7 rings (SSSR count). The van der Waals surface area contributed by atoms with Crippen molar-refractivity contribution in [2.75, 3.05) is 26.4 Å². The van der Waals surface area contributed by atoms with Crippen LogP contribution in [0.25, 0.3) is 68.6 Å². The van der Waals surface area contributed by atoms with Gasteiger partial charge in [-0.15, -0.1) is 22.1 Å². The summed E-state index contributed by atoms with van der Waals surface area (Å²) < 4.78 is 21.8. The Morgan fingerprint density at radius 2 is 1.00 bits per heavy atom. The molecular formula is C46H43MnN4O8. The van der Waals surface area contributed by atoms with Crippen LogP contribution in [0, 0.1) is 0 Å². The van der Waals surface area contributed by atoms with Crippen LogP contribution in [0.4, 0.5) is 0 Å². The van der Waals surface area contributed by atoms with Crippen LogP contribution in [0.2, 0.25) is 0 Å². The minimum atomic E-state index is -1.08. The number of hydrogen-bond donors (Lipinski definition) is 0. The molecule has 12 nitrogen and oxygen atoms in total.